The zero-order valence-corrected chi connectivity index (χ0v) is 14.6. The lowest BCUT2D eigenvalue weighted by molar-refractivity contribution is -0.115. The van der Waals surface area contributed by atoms with Gasteiger partial charge in [-0.2, -0.15) is 0 Å². The average Bonchev–Trinajstić information content (AvgIpc) is 2.51. The summed E-state index contributed by atoms with van der Waals surface area (Å²) >= 11 is 1.33. The first-order chi connectivity index (χ1) is 10.9. The van der Waals surface area contributed by atoms with Crippen LogP contribution in [0.1, 0.15) is 13.8 Å². The van der Waals surface area contributed by atoms with Gasteiger partial charge in [-0.25, -0.2) is 4.79 Å². The zero-order valence-electron chi connectivity index (χ0n) is 13.8. The summed E-state index contributed by atoms with van der Waals surface area (Å²) in [5.74, 6) is -0.188. The van der Waals surface area contributed by atoms with Crippen molar-refractivity contribution in [1.29, 1.82) is 0 Å². The molecule has 0 unspecified atom stereocenters. The number of hydrogen-bond donors (Lipinski definition) is 2. The predicted molar refractivity (Wildman–Crippen MR) is 93.6 cm³/mol. The standard InChI is InChI=1S/C16H24N4O2S/c1-11-12(2)20(9-8-19(11)3)16(22)18-13-6-4-5-7-14(13)23-10-15(17)21/h4-7,11-12H,8-10H2,1-3H3,(H2,17,21)(H,18,22)/t11-,12+/m0/s1. The fourth-order valence-electron chi connectivity index (χ4n) is 2.62. The highest BCUT2D eigenvalue weighted by atomic mass is 32.2. The Hall–Kier alpha value is -1.73. The molecule has 0 aliphatic carbocycles. The zero-order chi connectivity index (χ0) is 17.0. The van der Waals surface area contributed by atoms with Crippen LogP contribution in [0.15, 0.2) is 29.2 Å². The van der Waals surface area contributed by atoms with Gasteiger partial charge in [0.2, 0.25) is 5.91 Å². The minimum Gasteiger partial charge on any atom is -0.369 e. The van der Waals surface area contributed by atoms with Crippen molar-refractivity contribution in [1.82, 2.24) is 9.80 Å². The second-order valence-electron chi connectivity index (χ2n) is 5.84. The first-order valence-corrected chi connectivity index (χ1v) is 8.66. The number of thioether (sulfide) groups is 1. The molecule has 1 saturated heterocycles. The van der Waals surface area contributed by atoms with Gasteiger partial charge in [0.25, 0.3) is 0 Å². The first-order valence-electron chi connectivity index (χ1n) is 7.68. The Balaban J connectivity index is 2.07. The van der Waals surface area contributed by atoms with Gasteiger partial charge >= 0.3 is 6.03 Å². The van der Waals surface area contributed by atoms with E-state index in [1.807, 2.05) is 29.2 Å². The van der Waals surface area contributed by atoms with Crippen molar-refractivity contribution in [3.05, 3.63) is 24.3 Å². The second kappa shape index (κ2) is 7.70. The van der Waals surface area contributed by atoms with Crippen LogP contribution in [0.3, 0.4) is 0 Å². The van der Waals surface area contributed by atoms with E-state index >= 15 is 0 Å². The molecular formula is C16H24N4O2S. The summed E-state index contributed by atoms with van der Waals surface area (Å²) in [6, 6.07) is 7.79. The average molecular weight is 336 g/mol. The van der Waals surface area contributed by atoms with Gasteiger partial charge in [-0.3, -0.25) is 9.69 Å². The number of nitrogens with zero attached hydrogens (tertiary/aromatic N) is 2. The molecular weight excluding hydrogens is 312 g/mol. The maximum atomic E-state index is 12.6. The quantitative estimate of drug-likeness (QED) is 0.822. The molecule has 0 spiro atoms. The molecule has 6 nitrogen and oxygen atoms in total. The van der Waals surface area contributed by atoms with Gasteiger partial charge in [-0.15, -0.1) is 11.8 Å². The van der Waals surface area contributed by atoms with Gasteiger partial charge in [0.05, 0.1) is 11.4 Å². The molecule has 1 aliphatic rings. The molecule has 3 N–H and O–H groups in total. The topological polar surface area (TPSA) is 78.7 Å². The highest BCUT2D eigenvalue weighted by Gasteiger charge is 2.31. The van der Waals surface area contributed by atoms with E-state index in [1.54, 1.807) is 0 Å². The lowest BCUT2D eigenvalue weighted by Gasteiger charge is -2.43. The number of hydrogen-bond acceptors (Lipinski definition) is 4. The Bertz CT molecular complexity index is 581. The van der Waals surface area contributed by atoms with Crippen molar-refractivity contribution in [2.75, 3.05) is 31.2 Å². The van der Waals surface area contributed by atoms with Crippen LogP contribution in [0.2, 0.25) is 0 Å². The van der Waals surface area contributed by atoms with Crippen molar-refractivity contribution < 1.29 is 9.59 Å². The van der Waals surface area contributed by atoms with Gasteiger partial charge in [-0.1, -0.05) is 12.1 Å². The number of nitrogens with two attached hydrogens (primary N) is 1. The van der Waals surface area contributed by atoms with E-state index in [9.17, 15) is 9.59 Å². The normalized spacial score (nSPS) is 22.0. The Morgan fingerprint density at radius 2 is 1.96 bits per heavy atom. The van der Waals surface area contributed by atoms with Crippen molar-refractivity contribution in [3.8, 4) is 0 Å². The largest absolute Gasteiger partial charge is 0.369 e. The number of para-hydroxylation sites is 1. The maximum absolute atomic E-state index is 12.6. The maximum Gasteiger partial charge on any atom is 0.322 e. The Morgan fingerprint density at radius 3 is 2.65 bits per heavy atom. The summed E-state index contributed by atoms with van der Waals surface area (Å²) in [5, 5.41) is 2.97. The molecule has 0 bridgehead atoms. The highest BCUT2D eigenvalue weighted by Crippen LogP contribution is 2.27. The van der Waals surface area contributed by atoms with Crippen LogP contribution >= 0.6 is 11.8 Å². The molecule has 2 atom stereocenters. The minimum atomic E-state index is -0.377. The van der Waals surface area contributed by atoms with Crippen LogP contribution in [-0.4, -0.2) is 59.7 Å². The molecule has 1 aromatic rings. The number of nitrogens with one attached hydrogen (secondary N) is 1. The van der Waals surface area contributed by atoms with Crippen LogP contribution in [-0.2, 0) is 4.79 Å². The van der Waals surface area contributed by atoms with E-state index in [2.05, 4.69) is 31.1 Å². The molecule has 3 amide bonds. The molecule has 0 radical (unpaired) electrons. The number of amides is 3. The SMILES string of the molecule is C[C@@H]1[C@H](C)N(C)CCN1C(=O)Nc1ccccc1SCC(N)=O. The van der Waals surface area contributed by atoms with Crippen LogP contribution in [0.25, 0.3) is 0 Å². The Morgan fingerprint density at radius 1 is 1.26 bits per heavy atom. The van der Waals surface area contributed by atoms with E-state index in [0.717, 1.165) is 11.4 Å². The summed E-state index contributed by atoms with van der Waals surface area (Å²) in [4.78, 5) is 28.5. The summed E-state index contributed by atoms with van der Waals surface area (Å²) in [6.45, 7) is 5.75. The number of urea groups is 1. The molecule has 1 aromatic carbocycles. The minimum absolute atomic E-state index is 0.107. The fraction of sp³-hybridized carbons (Fsp3) is 0.500. The van der Waals surface area contributed by atoms with E-state index < -0.39 is 0 Å². The first kappa shape index (κ1) is 17.6. The van der Waals surface area contributed by atoms with Gasteiger partial charge in [0, 0.05) is 30.1 Å². The number of rotatable bonds is 4. The number of likely N-dealkylation sites (N-methyl/N-ethyl adjacent to an activating group) is 1. The van der Waals surface area contributed by atoms with Gasteiger partial charge in [0.15, 0.2) is 0 Å². The van der Waals surface area contributed by atoms with E-state index in [-0.39, 0.29) is 23.7 Å². The molecule has 0 saturated carbocycles. The summed E-state index contributed by atoms with van der Waals surface area (Å²) < 4.78 is 0. The molecule has 7 heteroatoms. The molecule has 1 heterocycles. The molecule has 1 aliphatic heterocycles. The van der Waals surface area contributed by atoms with Crippen LogP contribution < -0.4 is 11.1 Å². The Labute approximate surface area is 141 Å². The number of benzene rings is 1. The van der Waals surface area contributed by atoms with E-state index in [1.165, 1.54) is 11.8 Å². The van der Waals surface area contributed by atoms with E-state index in [0.29, 0.717) is 18.3 Å². The van der Waals surface area contributed by atoms with E-state index in [4.69, 9.17) is 5.73 Å². The van der Waals surface area contributed by atoms with Crippen LogP contribution in [0.5, 0.6) is 0 Å². The Kier molecular flexibility index (Phi) is 5.90. The number of anilines is 1. The van der Waals surface area contributed by atoms with Crippen molar-refractivity contribution >= 4 is 29.4 Å². The third-order valence-electron chi connectivity index (χ3n) is 4.34. The number of primary amides is 1. The third kappa shape index (κ3) is 4.39. The van der Waals surface area contributed by atoms with Crippen molar-refractivity contribution in [3.63, 3.8) is 0 Å². The summed E-state index contributed by atoms with van der Waals surface area (Å²) in [7, 11) is 2.08. The highest BCUT2D eigenvalue weighted by molar-refractivity contribution is 8.00. The molecule has 2 rings (SSSR count). The molecule has 23 heavy (non-hydrogen) atoms. The van der Waals surface area contributed by atoms with Crippen LogP contribution in [0.4, 0.5) is 10.5 Å². The number of carbonyl (C=O) groups excluding carboxylic acids is 2. The van der Waals surface area contributed by atoms with Gasteiger partial charge < -0.3 is 16.0 Å². The number of carbonyl (C=O) groups is 2. The summed E-state index contributed by atoms with van der Waals surface area (Å²) in [6.07, 6.45) is 0. The van der Waals surface area contributed by atoms with Crippen molar-refractivity contribution in [2.24, 2.45) is 5.73 Å². The van der Waals surface area contributed by atoms with Crippen molar-refractivity contribution in [2.45, 2.75) is 30.8 Å². The van der Waals surface area contributed by atoms with Gasteiger partial charge in [0.1, 0.15) is 0 Å². The molecule has 1 fully saturated rings. The second-order valence-corrected chi connectivity index (χ2v) is 6.85. The molecule has 126 valence electrons. The fourth-order valence-corrected chi connectivity index (χ4v) is 3.37. The van der Waals surface area contributed by atoms with Crippen LogP contribution in [0, 0.1) is 0 Å². The lowest BCUT2D eigenvalue weighted by Crippen LogP contribution is -2.58. The monoisotopic (exact) mass is 336 g/mol. The molecule has 0 aromatic heterocycles. The predicted octanol–water partition coefficient (Wildman–Crippen LogP) is 1.82. The lowest BCUT2D eigenvalue weighted by atomic mass is 10.1. The summed E-state index contributed by atoms with van der Waals surface area (Å²) in [5.41, 5.74) is 5.91. The third-order valence-corrected chi connectivity index (χ3v) is 5.43. The number of piperazine rings is 1. The smallest absolute Gasteiger partial charge is 0.322 e. The van der Waals surface area contributed by atoms with Gasteiger partial charge in [-0.05, 0) is 33.0 Å².